The molecule has 2 aromatic rings. The number of rotatable bonds is 7. The van der Waals surface area contributed by atoms with Crippen molar-refractivity contribution in [3.8, 4) is 0 Å². The van der Waals surface area contributed by atoms with Crippen molar-refractivity contribution in [1.82, 2.24) is 20.0 Å². The van der Waals surface area contributed by atoms with Gasteiger partial charge < -0.3 is 15.1 Å². The molecule has 0 bridgehead atoms. The first-order valence-electron chi connectivity index (χ1n) is 10.6. The SMILES string of the molecule is CCCN1CCC(NC(=O)c2nn(C)c3cc(N(C)CC(C)C)ccc23)CC1. The topological polar surface area (TPSA) is 53.4 Å². The van der Waals surface area contributed by atoms with E-state index < -0.39 is 0 Å². The van der Waals surface area contributed by atoms with Gasteiger partial charge in [0.2, 0.25) is 0 Å². The normalized spacial score (nSPS) is 16.1. The van der Waals surface area contributed by atoms with E-state index in [1.54, 1.807) is 0 Å². The zero-order valence-electron chi connectivity index (χ0n) is 18.0. The van der Waals surface area contributed by atoms with Gasteiger partial charge in [0.1, 0.15) is 0 Å². The molecule has 0 aliphatic carbocycles. The maximum Gasteiger partial charge on any atom is 0.272 e. The molecule has 1 saturated heterocycles. The minimum absolute atomic E-state index is 0.0529. The van der Waals surface area contributed by atoms with Gasteiger partial charge in [-0.1, -0.05) is 20.8 Å². The number of nitrogens with zero attached hydrogens (tertiary/aromatic N) is 4. The Balaban J connectivity index is 1.72. The van der Waals surface area contributed by atoms with E-state index in [0.29, 0.717) is 11.6 Å². The Bertz CT molecular complexity index is 805. The highest BCUT2D eigenvalue weighted by Crippen LogP contribution is 2.25. The predicted octanol–water partition coefficient (Wildman–Crippen LogP) is 3.27. The summed E-state index contributed by atoms with van der Waals surface area (Å²) >= 11 is 0. The number of carbonyl (C=O) groups is 1. The molecule has 1 aliphatic heterocycles. The van der Waals surface area contributed by atoms with Gasteiger partial charge in [-0.2, -0.15) is 5.10 Å². The Kier molecular flexibility index (Phi) is 6.60. The molecule has 1 N–H and O–H groups in total. The van der Waals surface area contributed by atoms with E-state index in [2.05, 4.69) is 60.2 Å². The molecular formula is C22H35N5O. The summed E-state index contributed by atoms with van der Waals surface area (Å²) in [5, 5.41) is 8.67. The number of amides is 1. The number of nitrogens with one attached hydrogen (secondary N) is 1. The highest BCUT2D eigenvalue weighted by molar-refractivity contribution is 6.05. The molecule has 0 saturated carbocycles. The van der Waals surface area contributed by atoms with Crippen LogP contribution in [-0.4, -0.2) is 59.9 Å². The lowest BCUT2D eigenvalue weighted by Gasteiger charge is -2.31. The van der Waals surface area contributed by atoms with Crippen molar-refractivity contribution in [2.75, 3.05) is 38.1 Å². The fourth-order valence-electron chi connectivity index (χ4n) is 4.17. The number of anilines is 1. The first kappa shape index (κ1) is 20.6. The molecular weight excluding hydrogens is 350 g/mol. The van der Waals surface area contributed by atoms with E-state index in [1.165, 1.54) is 6.42 Å². The Hall–Kier alpha value is -2.08. The summed E-state index contributed by atoms with van der Waals surface area (Å²) in [4.78, 5) is 17.6. The molecule has 3 rings (SSSR count). The largest absolute Gasteiger partial charge is 0.374 e. The van der Waals surface area contributed by atoms with Crippen LogP contribution in [0.1, 0.15) is 50.5 Å². The predicted molar refractivity (Wildman–Crippen MR) is 116 cm³/mol. The van der Waals surface area contributed by atoms with Crippen LogP contribution in [0.2, 0.25) is 0 Å². The number of fused-ring (bicyclic) bond motifs is 1. The van der Waals surface area contributed by atoms with Crippen LogP contribution in [0, 0.1) is 5.92 Å². The zero-order chi connectivity index (χ0) is 20.3. The molecule has 6 heteroatoms. The number of likely N-dealkylation sites (tertiary alicyclic amines) is 1. The summed E-state index contributed by atoms with van der Waals surface area (Å²) in [5.74, 6) is 0.542. The van der Waals surface area contributed by atoms with Gasteiger partial charge in [0, 0.05) is 50.8 Å². The second-order valence-electron chi connectivity index (χ2n) is 8.54. The quantitative estimate of drug-likeness (QED) is 0.795. The maximum atomic E-state index is 12.9. The molecule has 1 amide bonds. The summed E-state index contributed by atoms with van der Waals surface area (Å²) < 4.78 is 1.82. The van der Waals surface area contributed by atoms with E-state index >= 15 is 0 Å². The third kappa shape index (κ3) is 4.66. The molecule has 1 aliphatic rings. The molecule has 0 radical (unpaired) electrons. The van der Waals surface area contributed by atoms with Gasteiger partial charge in [-0.15, -0.1) is 0 Å². The van der Waals surface area contributed by atoms with E-state index in [1.807, 2.05) is 17.8 Å². The lowest BCUT2D eigenvalue weighted by Crippen LogP contribution is -2.44. The average molecular weight is 386 g/mol. The summed E-state index contributed by atoms with van der Waals surface area (Å²) in [6, 6.07) is 6.50. The number of aryl methyl sites for hydroxylation is 1. The minimum atomic E-state index is -0.0529. The zero-order valence-corrected chi connectivity index (χ0v) is 18.0. The van der Waals surface area contributed by atoms with E-state index in [-0.39, 0.29) is 11.9 Å². The van der Waals surface area contributed by atoms with Crippen LogP contribution in [0.4, 0.5) is 5.69 Å². The van der Waals surface area contributed by atoms with Crippen molar-refractivity contribution in [1.29, 1.82) is 0 Å². The first-order valence-corrected chi connectivity index (χ1v) is 10.6. The van der Waals surface area contributed by atoms with Crippen molar-refractivity contribution in [3.05, 3.63) is 23.9 Å². The number of carbonyl (C=O) groups excluding carboxylic acids is 1. The van der Waals surface area contributed by atoms with E-state index in [9.17, 15) is 4.79 Å². The average Bonchev–Trinajstić information content (AvgIpc) is 2.99. The minimum Gasteiger partial charge on any atom is -0.374 e. The van der Waals surface area contributed by atoms with Crippen LogP contribution >= 0.6 is 0 Å². The monoisotopic (exact) mass is 385 g/mol. The highest BCUT2D eigenvalue weighted by Gasteiger charge is 2.23. The van der Waals surface area contributed by atoms with Gasteiger partial charge in [-0.3, -0.25) is 9.48 Å². The van der Waals surface area contributed by atoms with Crippen LogP contribution in [-0.2, 0) is 7.05 Å². The summed E-state index contributed by atoms with van der Waals surface area (Å²) in [6.45, 7) is 10.9. The molecule has 2 heterocycles. The van der Waals surface area contributed by atoms with Gasteiger partial charge in [0.25, 0.3) is 5.91 Å². The molecule has 6 nitrogen and oxygen atoms in total. The Morgan fingerprint density at radius 3 is 2.68 bits per heavy atom. The molecule has 1 fully saturated rings. The summed E-state index contributed by atoms with van der Waals surface area (Å²) in [6.07, 6.45) is 3.21. The van der Waals surface area contributed by atoms with Crippen molar-refractivity contribution in [2.24, 2.45) is 13.0 Å². The van der Waals surface area contributed by atoms with Gasteiger partial charge in [0.05, 0.1) is 5.52 Å². The molecule has 1 aromatic heterocycles. The number of aromatic nitrogens is 2. The number of hydrogen-bond donors (Lipinski definition) is 1. The van der Waals surface area contributed by atoms with Gasteiger partial charge in [-0.25, -0.2) is 0 Å². The maximum absolute atomic E-state index is 12.9. The molecule has 0 spiro atoms. The Labute approximate surface area is 168 Å². The Morgan fingerprint density at radius 1 is 1.32 bits per heavy atom. The lowest BCUT2D eigenvalue weighted by atomic mass is 10.0. The molecule has 0 unspecified atom stereocenters. The molecule has 28 heavy (non-hydrogen) atoms. The van der Waals surface area contributed by atoms with E-state index in [0.717, 1.165) is 55.6 Å². The second kappa shape index (κ2) is 8.95. The fraction of sp³-hybridized carbons (Fsp3) is 0.636. The Morgan fingerprint density at radius 2 is 2.04 bits per heavy atom. The van der Waals surface area contributed by atoms with E-state index in [4.69, 9.17) is 0 Å². The molecule has 1 aromatic carbocycles. The standard InChI is InChI=1S/C22H35N5O/c1-6-11-27-12-9-17(10-13-27)23-22(28)21-19-8-7-18(25(4)15-16(2)3)14-20(19)26(5)24-21/h7-8,14,16-17H,6,9-13,15H2,1-5H3,(H,23,28). The number of benzene rings is 1. The fourth-order valence-corrected chi connectivity index (χ4v) is 4.17. The smallest absolute Gasteiger partial charge is 0.272 e. The van der Waals surface area contributed by atoms with Crippen molar-refractivity contribution in [2.45, 2.75) is 46.1 Å². The summed E-state index contributed by atoms with van der Waals surface area (Å²) in [7, 11) is 4.02. The third-order valence-electron chi connectivity index (χ3n) is 5.59. The van der Waals surface area contributed by atoms with Crippen molar-refractivity contribution >= 4 is 22.5 Å². The first-order chi connectivity index (χ1) is 13.4. The van der Waals surface area contributed by atoms with Gasteiger partial charge >= 0.3 is 0 Å². The van der Waals surface area contributed by atoms with Crippen LogP contribution in [0.3, 0.4) is 0 Å². The van der Waals surface area contributed by atoms with Crippen LogP contribution in [0.5, 0.6) is 0 Å². The van der Waals surface area contributed by atoms with Crippen LogP contribution in [0.25, 0.3) is 10.9 Å². The van der Waals surface area contributed by atoms with Crippen LogP contribution < -0.4 is 10.2 Å². The van der Waals surface area contributed by atoms with Crippen molar-refractivity contribution < 1.29 is 4.79 Å². The number of hydrogen-bond acceptors (Lipinski definition) is 4. The highest BCUT2D eigenvalue weighted by atomic mass is 16.2. The molecule has 0 atom stereocenters. The second-order valence-corrected chi connectivity index (χ2v) is 8.54. The van der Waals surface area contributed by atoms with Gasteiger partial charge in [0.15, 0.2) is 5.69 Å². The van der Waals surface area contributed by atoms with Gasteiger partial charge in [-0.05, 0) is 49.9 Å². The lowest BCUT2D eigenvalue weighted by molar-refractivity contribution is 0.0907. The molecule has 154 valence electrons. The summed E-state index contributed by atoms with van der Waals surface area (Å²) in [5.41, 5.74) is 2.68. The number of piperidine rings is 1. The van der Waals surface area contributed by atoms with Crippen LogP contribution in [0.15, 0.2) is 18.2 Å². The van der Waals surface area contributed by atoms with Crippen molar-refractivity contribution in [3.63, 3.8) is 0 Å². The third-order valence-corrected chi connectivity index (χ3v) is 5.59.